The Bertz CT molecular complexity index is 668. The van der Waals surface area contributed by atoms with Crippen molar-refractivity contribution >= 4 is 6.08 Å². The second-order valence-corrected chi connectivity index (χ2v) is 6.66. The summed E-state index contributed by atoms with van der Waals surface area (Å²) in [6, 6.07) is 11.0. The van der Waals surface area contributed by atoms with Crippen LogP contribution in [0.2, 0.25) is 0 Å². The fourth-order valence-corrected chi connectivity index (χ4v) is 3.15. The Morgan fingerprint density at radius 2 is 1.75 bits per heavy atom. The Hall–Kier alpha value is -2.05. The zero-order valence-corrected chi connectivity index (χ0v) is 14.0. The number of hydrogen-bond acceptors (Lipinski definition) is 5. The molecule has 1 aromatic carbocycles. The van der Waals surface area contributed by atoms with Crippen molar-refractivity contribution < 1.29 is 0 Å². The first-order chi connectivity index (χ1) is 11.9. The Morgan fingerprint density at radius 3 is 2.50 bits per heavy atom. The van der Waals surface area contributed by atoms with E-state index in [1.807, 2.05) is 4.68 Å². The quantitative estimate of drug-likeness (QED) is 0.811. The highest BCUT2D eigenvalue weighted by atomic mass is 15.6. The summed E-state index contributed by atoms with van der Waals surface area (Å²) in [6.07, 6.45) is 6.91. The third-order valence-corrected chi connectivity index (χ3v) is 4.76. The predicted molar refractivity (Wildman–Crippen MR) is 93.3 cm³/mol. The summed E-state index contributed by atoms with van der Waals surface area (Å²) in [5, 5.41) is 12.2. The maximum Gasteiger partial charge on any atom is 0.165 e. The molecule has 0 spiro atoms. The van der Waals surface area contributed by atoms with E-state index in [1.54, 1.807) is 0 Å². The minimum absolute atomic E-state index is 0.555. The third kappa shape index (κ3) is 3.88. The lowest BCUT2D eigenvalue weighted by atomic mass is 10.2. The molecule has 126 valence electrons. The molecule has 0 radical (unpaired) electrons. The molecule has 4 rings (SSSR count). The van der Waals surface area contributed by atoms with Crippen molar-refractivity contribution in [2.75, 3.05) is 32.7 Å². The molecule has 2 aliphatic rings. The molecule has 1 saturated heterocycles. The van der Waals surface area contributed by atoms with Crippen LogP contribution in [0, 0.1) is 0 Å². The first kappa shape index (κ1) is 15.5. The number of benzene rings is 1. The lowest BCUT2D eigenvalue weighted by molar-refractivity contribution is 0.133. The number of rotatable bonds is 6. The zero-order chi connectivity index (χ0) is 16.2. The molecule has 0 amide bonds. The molecule has 0 N–H and O–H groups in total. The molecule has 2 fully saturated rings. The van der Waals surface area contributed by atoms with Crippen LogP contribution in [0.5, 0.6) is 0 Å². The first-order valence-electron chi connectivity index (χ1n) is 8.81. The van der Waals surface area contributed by atoms with Crippen LogP contribution in [-0.2, 0) is 6.54 Å². The van der Waals surface area contributed by atoms with Crippen molar-refractivity contribution in [1.82, 2.24) is 30.0 Å². The van der Waals surface area contributed by atoms with Crippen molar-refractivity contribution in [2.24, 2.45) is 0 Å². The lowest BCUT2D eigenvalue weighted by Gasteiger charge is -2.33. The molecule has 0 unspecified atom stereocenters. The molecule has 2 aromatic rings. The van der Waals surface area contributed by atoms with Gasteiger partial charge in [0.1, 0.15) is 0 Å². The van der Waals surface area contributed by atoms with Gasteiger partial charge in [0, 0.05) is 32.7 Å². The van der Waals surface area contributed by atoms with Crippen molar-refractivity contribution in [3.05, 3.63) is 47.8 Å². The van der Waals surface area contributed by atoms with E-state index in [-0.39, 0.29) is 0 Å². The molecule has 2 heterocycles. The van der Waals surface area contributed by atoms with Crippen LogP contribution in [0.25, 0.3) is 6.08 Å². The van der Waals surface area contributed by atoms with Crippen molar-refractivity contribution in [3.8, 4) is 0 Å². The van der Waals surface area contributed by atoms with Crippen LogP contribution in [0.4, 0.5) is 0 Å². The highest BCUT2D eigenvalue weighted by Gasteiger charge is 2.28. The van der Waals surface area contributed by atoms with E-state index in [2.05, 4.69) is 67.8 Å². The highest BCUT2D eigenvalue weighted by Crippen LogP contribution is 2.34. The summed E-state index contributed by atoms with van der Waals surface area (Å²) in [7, 11) is 0. The second-order valence-electron chi connectivity index (χ2n) is 6.66. The van der Waals surface area contributed by atoms with Crippen LogP contribution < -0.4 is 0 Å². The van der Waals surface area contributed by atoms with Crippen LogP contribution >= 0.6 is 0 Å². The number of aromatic nitrogens is 4. The minimum Gasteiger partial charge on any atom is -0.297 e. The highest BCUT2D eigenvalue weighted by molar-refractivity contribution is 5.48. The average Bonchev–Trinajstić information content (AvgIpc) is 3.37. The standard InChI is InChI=1S/C18H24N6/c1-2-5-16(6-3-1)7-4-10-22-11-13-23(14-12-22)15-18-19-20-21-24(18)17-8-9-17/h1-7,17H,8-15H2/b7-4+. The summed E-state index contributed by atoms with van der Waals surface area (Å²) in [4.78, 5) is 4.96. The number of hydrogen-bond donors (Lipinski definition) is 0. The van der Waals surface area contributed by atoms with Gasteiger partial charge in [-0.15, -0.1) is 5.10 Å². The maximum absolute atomic E-state index is 4.21. The average molecular weight is 324 g/mol. The molecular formula is C18H24N6. The van der Waals surface area contributed by atoms with Gasteiger partial charge in [-0.05, 0) is 28.8 Å². The van der Waals surface area contributed by atoms with E-state index < -0.39 is 0 Å². The minimum atomic E-state index is 0.555. The predicted octanol–water partition coefficient (Wildman–Crippen LogP) is 1.84. The van der Waals surface area contributed by atoms with E-state index in [0.29, 0.717) is 6.04 Å². The number of piperazine rings is 1. The monoisotopic (exact) mass is 324 g/mol. The topological polar surface area (TPSA) is 50.1 Å². The summed E-state index contributed by atoms with van der Waals surface area (Å²) >= 11 is 0. The van der Waals surface area contributed by atoms with Crippen LogP contribution in [0.15, 0.2) is 36.4 Å². The number of tetrazole rings is 1. The normalized spacial score (nSPS) is 20.0. The first-order valence-corrected chi connectivity index (χ1v) is 8.81. The summed E-state index contributed by atoms with van der Waals surface area (Å²) in [5.74, 6) is 1.02. The zero-order valence-electron chi connectivity index (χ0n) is 14.0. The van der Waals surface area contributed by atoms with Gasteiger partial charge in [0.05, 0.1) is 12.6 Å². The molecule has 1 aliphatic carbocycles. The van der Waals surface area contributed by atoms with E-state index in [1.165, 1.54) is 18.4 Å². The lowest BCUT2D eigenvalue weighted by Crippen LogP contribution is -2.46. The van der Waals surface area contributed by atoms with Gasteiger partial charge in [-0.25, -0.2) is 4.68 Å². The second kappa shape index (κ2) is 7.23. The number of nitrogens with zero attached hydrogens (tertiary/aromatic N) is 6. The van der Waals surface area contributed by atoms with Gasteiger partial charge >= 0.3 is 0 Å². The molecule has 1 aromatic heterocycles. The fourth-order valence-electron chi connectivity index (χ4n) is 3.15. The van der Waals surface area contributed by atoms with Crippen molar-refractivity contribution in [3.63, 3.8) is 0 Å². The maximum atomic E-state index is 4.21. The van der Waals surface area contributed by atoms with E-state index in [4.69, 9.17) is 0 Å². The Morgan fingerprint density at radius 1 is 1.00 bits per heavy atom. The summed E-state index contributed by atoms with van der Waals surface area (Å²) < 4.78 is 2.02. The molecule has 0 bridgehead atoms. The van der Waals surface area contributed by atoms with Gasteiger partial charge in [-0.1, -0.05) is 42.5 Å². The molecule has 24 heavy (non-hydrogen) atoms. The molecule has 1 aliphatic heterocycles. The van der Waals surface area contributed by atoms with Gasteiger partial charge < -0.3 is 0 Å². The third-order valence-electron chi connectivity index (χ3n) is 4.76. The van der Waals surface area contributed by atoms with Crippen LogP contribution in [-0.4, -0.2) is 62.7 Å². The van der Waals surface area contributed by atoms with Crippen LogP contribution in [0.1, 0.15) is 30.3 Å². The summed E-state index contributed by atoms with van der Waals surface area (Å²) in [6.45, 7) is 6.25. The summed E-state index contributed by atoms with van der Waals surface area (Å²) in [5.41, 5.74) is 1.27. The van der Waals surface area contributed by atoms with E-state index in [9.17, 15) is 0 Å². The smallest absolute Gasteiger partial charge is 0.165 e. The van der Waals surface area contributed by atoms with Crippen LogP contribution in [0.3, 0.4) is 0 Å². The van der Waals surface area contributed by atoms with Gasteiger partial charge in [0.25, 0.3) is 0 Å². The van der Waals surface area contributed by atoms with E-state index in [0.717, 1.165) is 45.1 Å². The fraction of sp³-hybridized carbons (Fsp3) is 0.500. The molecule has 6 nitrogen and oxygen atoms in total. The van der Waals surface area contributed by atoms with Crippen molar-refractivity contribution in [2.45, 2.75) is 25.4 Å². The molecule has 1 saturated carbocycles. The van der Waals surface area contributed by atoms with Gasteiger partial charge in [-0.2, -0.15) is 0 Å². The Labute approximate surface area is 142 Å². The van der Waals surface area contributed by atoms with Gasteiger partial charge in [0.15, 0.2) is 5.82 Å². The van der Waals surface area contributed by atoms with Gasteiger partial charge in [-0.3, -0.25) is 9.80 Å². The van der Waals surface area contributed by atoms with Crippen molar-refractivity contribution in [1.29, 1.82) is 0 Å². The molecule has 0 atom stereocenters. The molecule has 6 heteroatoms. The van der Waals surface area contributed by atoms with Gasteiger partial charge in [0.2, 0.25) is 0 Å². The SMILES string of the molecule is C(=C\c1ccccc1)/CN1CCN(Cc2nnnn2C2CC2)CC1. The molecular weight excluding hydrogens is 300 g/mol. The van der Waals surface area contributed by atoms with E-state index >= 15 is 0 Å². The largest absolute Gasteiger partial charge is 0.297 e. The Balaban J connectivity index is 1.23. The Kier molecular flexibility index (Phi) is 4.66.